The standard InChI is InChI=1S/C43H31N3S/c1-3-10-28(11-4-1)29-18-20-31(21-19-29)42-44-41(30-12-5-2-6-13-30)45-43(46-42)35-15-9-14-32(27-35)33-22-24-36-34(26-33)23-25-39-40(36)37-16-7-8-17-38(37)47-39/h1-27,42-43,46H,(H,44,45). The van der Waals surface area contributed by atoms with Crippen LogP contribution in [0.5, 0.6) is 0 Å². The monoisotopic (exact) mass is 621 g/mol. The number of nitrogens with one attached hydrogen (secondary N) is 2. The quantitative estimate of drug-likeness (QED) is 0.201. The Labute approximate surface area is 277 Å². The van der Waals surface area contributed by atoms with Crippen molar-refractivity contribution in [2.24, 2.45) is 4.99 Å². The first-order valence-electron chi connectivity index (χ1n) is 16.0. The van der Waals surface area contributed by atoms with Crippen molar-refractivity contribution in [1.29, 1.82) is 0 Å². The minimum atomic E-state index is -0.220. The highest BCUT2D eigenvalue weighted by molar-refractivity contribution is 7.26. The average Bonchev–Trinajstić information content (AvgIpc) is 3.55. The van der Waals surface area contributed by atoms with Gasteiger partial charge in [-0.05, 0) is 68.4 Å². The molecule has 3 nitrogen and oxygen atoms in total. The molecule has 0 saturated carbocycles. The molecule has 2 N–H and O–H groups in total. The number of rotatable bonds is 5. The molecule has 0 amide bonds. The van der Waals surface area contributed by atoms with E-state index in [2.05, 4.69) is 168 Å². The Kier molecular flexibility index (Phi) is 6.89. The van der Waals surface area contributed by atoms with Crippen molar-refractivity contribution in [2.45, 2.75) is 12.3 Å². The molecule has 0 radical (unpaired) electrons. The summed E-state index contributed by atoms with van der Waals surface area (Å²) in [6.07, 6.45) is -0.327. The first-order chi connectivity index (χ1) is 23.3. The Balaban J connectivity index is 1.07. The lowest BCUT2D eigenvalue weighted by Gasteiger charge is -2.32. The number of amidine groups is 1. The van der Waals surface area contributed by atoms with E-state index < -0.39 is 0 Å². The molecule has 0 spiro atoms. The molecule has 0 fully saturated rings. The number of nitrogens with zero attached hydrogens (tertiary/aromatic N) is 1. The largest absolute Gasteiger partial charge is 0.350 e. The van der Waals surface area contributed by atoms with Gasteiger partial charge in [-0.1, -0.05) is 140 Å². The van der Waals surface area contributed by atoms with Crippen LogP contribution in [0.4, 0.5) is 0 Å². The maximum absolute atomic E-state index is 5.20. The van der Waals surface area contributed by atoms with E-state index in [1.807, 2.05) is 17.4 Å². The van der Waals surface area contributed by atoms with Crippen LogP contribution in [0, 0.1) is 0 Å². The SMILES string of the molecule is c1ccc(C2=NC(c3cccc(-c4ccc5c(ccc6sc7ccccc7c65)c4)c3)NC(c3ccc(-c4ccccc4)cc3)N2)cc1. The van der Waals surface area contributed by atoms with E-state index in [4.69, 9.17) is 4.99 Å². The average molecular weight is 622 g/mol. The van der Waals surface area contributed by atoms with Gasteiger partial charge in [0.1, 0.15) is 18.2 Å². The van der Waals surface area contributed by atoms with Crippen LogP contribution in [-0.4, -0.2) is 5.84 Å². The minimum Gasteiger partial charge on any atom is -0.350 e. The molecule has 7 aromatic carbocycles. The van der Waals surface area contributed by atoms with Crippen LogP contribution >= 0.6 is 11.3 Å². The predicted molar refractivity (Wildman–Crippen MR) is 199 cm³/mol. The maximum Gasteiger partial charge on any atom is 0.131 e. The second kappa shape index (κ2) is 11.7. The fraction of sp³-hybridized carbons (Fsp3) is 0.0465. The normalized spacial score (nSPS) is 16.3. The summed E-state index contributed by atoms with van der Waals surface area (Å²) in [7, 11) is 0. The van der Waals surface area contributed by atoms with Gasteiger partial charge in [-0.2, -0.15) is 0 Å². The van der Waals surface area contributed by atoms with Gasteiger partial charge < -0.3 is 5.32 Å². The topological polar surface area (TPSA) is 36.4 Å². The molecule has 9 rings (SSSR count). The van der Waals surface area contributed by atoms with Crippen LogP contribution in [-0.2, 0) is 0 Å². The van der Waals surface area contributed by atoms with E-state index in [9.17, 15) is 0 Å². The first kappa shape index (κ1) is 27.7. The lowest BCUT2D eigenvalue weighted by molar-refractivity contribution is 0.409. The summed E-state index contributed by atoms with van der Waals surface area (Å²) in [5.41, 5.74) is 8.16. The van der Waals surface area contributed by atoms with Crippen molar-refractivity contribution in [2.75, 3.05) is 0 Å². The second-order valence-electron chi connectivity index (χ2n) is 12.1. The highest BCUT2D eigenvalue weighted by atomic mass is 32.1. The van der Waals surface area contributed by atoms with E-state index in [0.717, 1.165) is 22.5 Å². The molecule has 224 valence electrons. The van der Waals surface area contributed by atoms with Gasteiger partial charge in [-0.3, -0.25) is 5.32 Å². The molecule has 0 aliphatic carbocycles. The Morgan fingerprint density at radius 2 is 1.15 bits per heavy atom. The lowest BCUT2D eigenvalue weighted by atomic mass is 9.96. The molecule has 4 heteroatoms. The van der Waals surface area contributed by atoms with E-state index in [1.54, 1.807) is 0 Å². The van der Waals surface area contributed by atoms with E-state index in [-0.39, 0.29) is 12.3 Å². The van der Waals surface area contributed by atoms with E-state index in [1.165, 1.54) is 53.2 Å². The summed E-state index contributed by atoms with van der Waals surface area (Å²) in [5.74, 6) is 0.884. The number of aliphatic imine (C=N–C) groups is 1. The van der Waals surface area contributed by atoms with Gasteiger partial charge in [0.05, 0.1) is 0 Å². The number of fused-ring (bicyclic) bond motifs is 5. The minimum absolute atomic E-state index is 0.107. The molecule has 8 aromatic rings. The highest BCUT2D eigenvalue weighted by Crippen LogP contribution is 2.39. The van der Waals surface area contributed by atoms with E-state index in [0.29, 0.717) is 0 Å². The van der Waals surface area contributed by atoms with Crippen LogP contribution in [0.25, 0.3) is 53.2 Å². The van der Waals surface area contributed by atoms with Crippen molar-refractivity contribution in [1.82, 2.24) is 10.6 Å². The van der Waals surface area contributed by atoms with Gasteiger partial charge >= 0.3 is 0 Å². The second-order valence-corrected chi connectivity index (χ2v) is 13.2. The summed E-state index contributed by atoms with van der Waals surface area (Å²) in [6.45, 7) is 0. The Bertz CT molecular complexity index is 2410. The van der Waals surface area contributed by atoms with Crippen molar-refractivity contribution in [3.05, 3.63) is 180 Å². The molecule has 0 bridgehead atoms. The van der Waals surface area contributed by atoms with Gasteiger partial charge in [-0.25, -0.2) is 4.99 Å². The number of thiophene rings is 1. The summed E-state index contributed by atoms with van der Waals surface area (Å²) in [5, 5.41) is 12.7. The summed E-state index contributed by atoms with van der Waals surface area (Å²) < 4.78 is 2.67. The Morgan fingerprint density at radius 3 is 1.98 bits per heavy atom. The molecular formula is C43H31N3S. The highest BCUT2D eigenvalue weighted by Gasteiger charge is 2.25. The number of benzene rings is 7. The van der Waals surface area contributed by atoms with Crippen LogP contribution in [0.15, 0.2) is 169 Å². The zero-order chi connectivity index (χ0) is 31.2. The molecule has 1 aliphatic heterocycles. The van der Waals surface area contributed by atoms with Crippen LogP contribution in [0.3, 0.4) is 0 Å². The van der Waals surface area contributed by atoms with Crippen molar-refractivity contribution in [3.8, 4) is 22.3 Å². The third-order valence-corrected chi connectivity index (χ3v) is 10.3. The molecular weight excluding hydrogens is 591 g/mol. The Morgan fingerprint density at radius 1 is 0.468 bits per heavy atom. The zero-order valence-corrected chi connectivity index (χ0v) is 26.4. The summed E-state index contributed by atoms with van der Waals surface area (Å²) in [4.78, 5) is 5.20. The molecule has 2 heterocycles. The van der Waals surface area contributed by atoms with Crippen molar-refractivity contribution >= 4 is 48.1 Å². The Hall–Kier alpha value is -5.55. The third-order valence-electron chi connectivity index (χ3n) is 9.16. The summed E-state index contributed by atoms with van der Waals surface area (Å²) in [6, 6.07) is 58.7. The maximum atomic E-state index is 5.20. The van der Waals surface area contributed by atoms with Gasteiger partial charge in [-0.15, -0.1) is 11.3 Å². The third kappa shape index (κ3) is 5.18. The predicted octanol–water partition coefficient (Wildman–Crippen LogP) is 10.9. The fourth-order valence-corrected chi connectivity index (χ4v) is 7.89. The van der Waals surface area contributed by atoms with Crippen LogP contribution in [0.2, 0.25) is 0 Å². The molecule has 47 heavy (non-hydrogen) atoms. The summed E-state index contributed by atoms with van der Waals surface area (Å²) >= 11 is 1.87. The van der Waals surface area contributed by atoms with Gasteiger partial charge in [0.15, 0.2) is 0 Å². The molecule has 2 unspecified atom stereocenters. The van der Waals surface area contributed by atoms with Crippen molar-refractivity contribution in [3.63, 3.8) is 0 Å². The van der Waals surface area contributed by atoms with Gasteiger partial charge in [0, 0.05) is 25.7 Å². The molecule has 1 aromatic heterocycles. The molecule has 0 saturated heterocycles. The number of hydrogen-bond acceptors (Lipinski definition) is 4. The fourth-order valence-electron chi connectivity index (χ4n) is 6.76. The molecule has 2 atom stereocenters. The molecule has 1 aliphatic rings. The first-order valence-corrected chi connectivity index (χ1v) is 16.8. The number of hydrogen-bond donors (Lipinski definition) is 2. The zero-order valence-electron chi connectivity index (χ0n) is 25.6. The smallest absolute Gasteiger partial charge is 0.131 e. The van der Waals surface area contributed by atoms with Gasteiger partial charge in [0.2, 0.25) is 0 Å². The van der Waals surface area contributed by atoms with Crippen molar-refractivity contribution < 1.29 is 0 Å². The van der Waals surface area contributed by atoms with Gasteiger partial charge in [0.25, 0.3) is 0 Å². The van der Waals surface area contributed by atoms with Crippen LogP contribution < -0.4 is 10.6 Å². The lowest BCUT2D eigenvalue weighted by Crippen LogP contribution is -2.44. The van der Waals surface area contributed by atoms with E-state index >= 15 is 0 Å². The van der Waals surface area contributed by atoms with Crippen LogP contribution in [0.1, 0.15) is 29.0 Å².